The molecule has 1 aromatic carbocycles. The maximum atomic E-state index is 12.3. The Hall–Kier alpha value is -1.56. The normalized spacial score (nSPS) is 13.3. The van der Waals surface area contributed by atoms with Crippen molar-refractivity contribution in [3.05, 3.63) is 18.2 Å². The molecule has 0 fully saturated rings. The van der Waals surface area contributed by atoms with Gasteiger partial charge in [0.15, 0.2) is 0 Å². The van der Waals surface area contributed by atoms with E-state index in [1.807, 2.05) is 0 Å². The number of anilines is 1. The van der Waals surface area contributed by atoms with Crippen LogP contribution in [0.25, 0.3) is 0 Å². The molecule has 1 rings (SSSR count). The molecule has 0 radical (unpaired) electrons. The van der Waals surface area contributed by atoms with Crippen molar-refractivity contribution in [2.24, 2.45) is 0 Å². The third-order valence-corrected chi connectivity index (χ3v) is 2.83. The van der Waals surface area contributed by atoms with Crippen molar-refractivity contribution < 1.29 is 23.4 Å². The minimum absolute atomic E-state index is 0.00639. The summed E-state index contributed by atoms with van der Waals surface area (Å²) in [6.07, 6.45) is 0. The molecule has 4 nitrogen and oxygen atoms in total. The summed E-state index contributed by atoms with van der Waals surface area (Å²) in [7, 11) is 1.48. The van der Waals surface area contributed by atoms with E-state index >= 15 is 0 Å². The van der Waals surface area contributed by atoms with E-state index in [2.05, 4.69) is 10.1 Å². The van der Waals surface area contributed by atoms with Gasteiger partial charge >= 0.3 is 6.61 Å². The van der Waals surface area contributed by atoms with E-state index in [0.717, 1.165) is 0 Å². The molecule has 1 atom stereocenters. The molecule has 108 valence electrons. The van der Waals surface area contributed by atoms with Gasteiger partial charge in [-0.25, -0.2) is 0 Å². The van der Waals surface area contributed by atoms with Crippen LogP contribution in [0.3, 0.4) is 0 Å². The quantitative estimate of drug-likeness (QED) is 0.838. The number of nitrogens with one attached hydrogen (secondary N) is 1. The molecular weight excluding hydrogens is 256 g/mol. The molecule has 0 spiro atoms. The van der Waals surface area contributed by atoms with Crippen molar-refractivity contribution in [2.75, 3.05) is 12.4 Å². The summed E-state index contributed by atoms with van der Waals surface area (Å²) >= 11 is 0. The van der Waals surface area contributed by atoms with Crippen LogP contribution in [-0.4, -0.2) is 30.5 Å². The van der Waals surface area contributed by atoms with Crippen molar-refractivity contribution in [3.63, 3.8) is 0 Å². The summed E-state index contributed by atoms with van der Waals surface area (Å²) in [6, 6.07) is 4.10. The lowest BCUT2D eigenvalue weighted by Gasteiger charge is -2.28. The third-order valence-electron chi connectivity index (χ3n) is 2.83. The lowest BCUT2D eigenvalue weighted by Crippen LogP contribution is -2.39. The van der Waals surface area contributed by atoms with E-state index in [0.29, 0.717) is 11.4 Å². The van der Waals surface area contributed by atoms with Crippen LogP contribution in [-0.2, 0) is 0 Å². The molecule has 0 bridgehead atoms. The van der Waals surface area contributed by atoms with Crippen LogP contribution in [0.2, 0.25) is 0 Å². The van der Waals surface area contributed by atoms with E-state index in [1.165, 1.54) is 19.2 Å². The number of hydrogen-bond donors (Lipinski definition) is 2. The maximum absolute atomic E-state index is 12.3. The molecule has 0 aromatic heterocycles. The molecule has 19 heavy (non-hydrogen) atoms. The second-order valence-electron chi connectivity index (χ2n) is 4.76. The summed E-state index contributed by atoms with van der Waals surface area (Å²) in [5.74, 6) is 0.513. The maximum Gasteiger partial charge on any atom is 0.387 e. The molecule has 1 aromatic rings. The van der Waals surface area contributed by atoms with Gasteiger partial charge in [0.05, 0.1) is 24.4 Å². The fourth-order valence-electron chi connectivity index (χ4n) is 1.36. The molecule has 0 aliphatic heterocycles. The summed E-state index contributed by atoms with van der Waals surface area (Å²) < 4.78 is 34.1. The Balaban J connectivity index is 3.00. The second-order valence-corrected chi connectivity index (χ2v) is 4.76. The van der Waals surface area contributed by atoms with E-state index in [9.17, 15) is 13.9 Å². The van der Waals surface area contributed by atoms with Gasteiger partial charge in [0.25, 0.3) is 0 Å². The van der Waals surface area contributed by atoms with Gasteiger partial charge in [-0.05, 0) is 32.9 Å². The summed E-state index contributed by atoms with van der Waals surface area (Å²) in [5.41, 5.74) is -0.667. The average molecular weight is 275 g/mol. The minimum atomic E-state index is -2.91. The van der Waals surface area contributed by atoms with E-state index in [-0.39, 0.29) is 11.8 Å². The molecule has 1 unspecified atom stereocenters. The highest BCUT2D eigenvalue weighted by molar-refractivity contribution is 5.60. The summed E-state index contributed by atoms with van der Waals surface area (Å²) in [4.78, 5) is 0. The van der Waals surface area contributed by atoms with E-state index in [4.69, 9.17) is 4.74 Å². The number of methoxy groups -OCH3 is 1. The zero-order chi connectivity index (χ0) is 14.6. The first-order chi connectivity index (χ1) is 8.74. The Morgan fingerprint density at radius 1 is 1.32 bits per heavy atom. The summed E-state index contributed by atoms with van der Waals surface area (Å²) in [6.45, 7) is 2.08. The lowest BCUT2D eigenvalue weighted by molar-refractivity contribution is -0.0494. The Morgan fingerprint density at radius 3 is 2.42 bits per heavy atom. The number of rotatable bonds is 6. The third kappa shape index (κ3) is 4.55. The predicted molar refractivity (Wildman–Crippen MR) is 69.0 cm³/mol. The van der Waals surface area contributed by atoms with Crippen LogP contribution in [0.1, 0.15) is 20.8 Å². The number of hydrogen-bond acceptors (Lipinski definition) is 4. The number of aliphatic hydroxyl groups is 1. The number of halogens is 2. The Bertz CT molecular complexity index is 419. The zero-order valence-corrected chi connectivity index (χ0v) is 11.4. The van der Waals surface area contributed by atoms with Gasteiger partial charge in [0.1, 0.15) is 11.5 Å². The summed E-state index contributed by atoms with van der Waals surface area (Å²) in [5, 5.41) is 12.8. The Labute approximate surface area is 111 Å². The number of benzene rings is 1. The van der Waals surface area contributed by atoms with Crippen LogP contribution >= 0.6 is 0 Å². The van der Waals surface area contributed by atoms with Crippen LogP contribution in [0.4, 0.5) is 14.5 Å². The SMILES string of the molecule is COc1ccc(OC(F)F)c(NC(C)C(C)(C)O)c1. The molecule has 0 saturated carbocycles. The molecule has 0 aliphatic rings. The molecule has 0 amide bonds. The largest absolute Gasteiger partial charge is 0.497 e. The van der Waals surface area contributed by atoms with Gasteiger partial charge in [0, 0.05) is 6.07 Å². The smallest absolute Gasteiger partial charge is 0.387 e. The van der Waals surface area contributed by atoms with Crippen LogP contribution in [0.15, 0.2) is 18.2 Å². The molecule has 0 heterocycles. The highest BCUT2D eigenvalue weighted by atomic mass is 19.3. The van der Waals surface area contributed by atoms with Gasteiger partial charge < -0.3 is 19.9 Å². The molecule has 2 N–H and O–H groups in total. The van der Waals surface area contributed by atoms with Crippen LogP contribution in [0.5, 0.6) is 11.5 Å². The van der Waals surface area contributed by atoms with Gasteiger partial charge in [-0.15, -0.1) is 0 Å². The van der Waals surface area contributed by atoms with Crippen molar-refractivity contribution >= 4 is 5.69 Å². The fourth-order valence-corrected chi connectivity index (χ4v) is 1.36. The first-order valence-electron chi connectivity index (χ1n) is 5.85. The zero-order valence-electron chi connectivity index (χ0n) is 11.4. The predicted octanol–water partition coefficient (Wildman–Crippen LogP) is 2.87. The first kappa shape index (κ1) is 15.5. The lowest BCUT2D eigenvalue weighted by atomic mass is 10.0. The molecule has 0 aliphatic carbocycles. The number of alkyl halides is 2. The molecule has 0 saturated heterocycles. The van der Waals surface area contributed by atoms with Crippen molar-refractivity contribution in [2.45, 2.75) is 39.0 Å². The van der Waals surface area contributed by atoms with Crippen molar-refractivity contribution in [1.82, 2.24) is 0 Å². The average Bonchev–Trinajstić information content (AvgIpc) is 2.29. The minimum Gasteiger partial charge on any atom is -0.497 e. The highest BCUT2D eigenvalue weighted by Crippen LogP contribution is 2.32. The second kappa shape index (κ2) is 6.06. The van der Waals surface area contributed by atoms with Gasteiger partial charge in [0.2, 0.25) is 0 Å². The van der Waals surface area contributed by atoms with Gasteiger partial charge in [-0.3, -0.25) is 0 Å². The van der Waals surface area contributed by atoms with Gasteiger partial charge in [-0.1, -0.05) is 0 Å². The van der Waals surface area contributed by atoms with E-state index < -0.39 is 12.2 Å². The van der Waals surface area contributed by atoms with Crippen molar-refractivity contribution in [3.8, 4) is 11.5 Å². The highest BCUT2D eigenvalue weighted by Gasteiger charge is 2.23. The van der Waals surface area contributed by atoms with Crippen molar-refractivity contribution in [1.29, 1.82) is 0 Å². The van der Waals surface area contributed by atoms with Crippen LogP contribution < -0.4 is 14.8 Å². The fraction of sp³-hybridized carbons (Fsp3) is 0.538. The first-order valence-corrected chi connectivity index (χ1v) is 5.85. The molecular formula is C13H19F2NO3. The van der Waals surface area contributed by atoms with Gasteiger partial charge in [-0.2, -0.15) is 8.78 Å². The monoisotopic (exact) mass is 275 g/mol. The van der Waals surface area contributed by atoms with Crippen LogP contribution in [0, 0.1) is 0 Å². The van der Waals surface area contributed by atoms with E-state index in [1.54, 1.807) is 26.8 Å². The Morgan fingerprint density at radius 2 is 1.95 bits per heavy atom. The topological polar surface area (TPSA) is 50.7 Å². The Kier molecular flexibility index (Phi) is 4.94. The number of ether oxygens (including phenoxy) is 2. The molecule has 6 heteroatoms. The standard InChI is InChI=1S/C13H19F2NO3/c1-8(13(2,3)17)16-10-7-9(18-4)5-6-11(10)19-12(14)15/h5-8,12,16-17H,1-4H3.